The van der Waals surface area contributed by atoms with Crippen molar-refractivity contribution in [1.29, 1.82) is 0 Å². The minimum Gasteiger partial charge on any atom is -0.308 e. The van der Waals surface area contributed by atoms with Crippen LogP contribution in [0, 0.1) is 0 Å². The third-order valence-corrected chi connectivity index (χ3v) is 6.06. The smallest absolute Gasteiger partial charge is 0.293 e. The van der Waals surface area contributed by atoms with E-state index in [1.165, 1.54) is 0 Å². The van der Waals surface area contributed by atoms with Crippen LogP contribution in [0.1, 0.15) is 29.2 Å². The van der Waals surface area contributed by atoms with E-state index in [1.807, 2.05) is 72.8 Å². The molecule has 1 aliphatic rings. The highest BCUT2D eigenvalue weighted by Crippen LogP contribution is 2.33. The Hall–Kier alpha value is -4.52. The fourth-order valence-corrected chi connectivity index (χ4v) is 4.21. The van der Waals surface area contributed by atoms with E-state index < -0.39 is 5.91 Å². The van der Waals surface area contributed by atoms with Crippen molar-refractivity contribution in [2.75, 3.05) is 5.32 Å². The van der Waals surface area contributed by atoms with Crippen LogP contribution in [-0.4, -0.2) is 25.2 Å². The van der Waals surface area contributed by atoms with Gasteiger partial charge in [0.1, 0.15) is 5.69 Å². The molecule has 1 fully saturated rings. The average molecular weight is 447 g/mol. The molecule has 1 aliphatic carbocycles. The van der Waals surface area contributed by atoms with E-state index in [0.29, 0.717) is 11.3 Å². The van der Waals surface area contributed by atoms with E-state index in [1.54, 1.807) is 27.8 Å². The number of nitrogens with one attached hydrogen (secondary N) is 1. The van der Waals surface area contributed by atoms with Gasteiger partial charge in [0, 0.05) is 30.2 Å². The van der Waals surface area contributed by atoms with Gasteiger partial charge in [0.05, 0.1) is 11.3 Å². The Balaban J connectivity index is 1.47. The summed E-state index contributed by atoms with van der Waals surface area (Å²) in [6.07, 6.45) is 6.85. The average Bonchev–Trinajstić information content (AvgIpc) is 3.62. The van der Waals surface area contributed by atoms with E-state index in [-0.39, 0.29) is 17.4 Å². The van der Waals surface area contributed by atoms with Crippen molar-refractivity contribution >= 4 is 22.5 Å². The molecule has 5 aromatic rings. The first-order chi connectivity index (χ1) is 16.7. The molecule has 0 aliphatic heterocycles. The van der Waals surface area contributed by atoms with Crippen LogP contribution in [0.5, 0.6) is 0 Å². The van der Waals surface area contributed by atoms with Crippen LogP contribution in [0.2, 0.25) is 0 Å². The fraction of sp³-hybridized carbons (Fsp3) is 0.111. The number of anilines is 1. The lowest BCUT2D eigenvalue weighted by Gasteiger charge is -2.08. The molecule has 0 spiro atoms. The standard InChI is InChI=1S/C27H21N5O2/c33-26(29-25-27(34)31(16-15-28-25)19-13-14-19)23-17-32(20-9-2-1-3-10-20)30-24(23)22-12-6-8-18-7-4-5-11-21(18)22/h1-12,15-17,19H,13-14H2,(H,28,29,33). The Kier molecular flexibility index (Phi) is 4.80. The third kappa shape index (κ3) is 3.57. The van der Waals surface area contributed by atoms with E-state index in [0.717, 1.165) is 34.9 Å². The monoisotopic (exact) mass is 447 g/mol. The molecule has 166 valence electrons. The van der Waals surface area contributed by atoms with Crippen molar-refractivity contribution in [3.05, 3.63) is 107 Å². The van der Waals surface area contributed by atoms with E-state index in [4.69, 9.17) is 5.10 Å². The Morgan fingerprint density at radius 1 is 0.941 bits per heavy atom. The maximum absolute atomic E-state index is 13.5. The van der Waals surface area contributed by atoms with Crippen molar-refractivity contribution in [2.24, 2.45) is 0 Å². The highest BCUT2D eigenvalue weighted by molar-refractivity contribution is 6.10. The Labute approximate surface area is 195 Å². The Morgan fingerprint density at radius 2 is 1.71 bits per heavy atom. The van der Waals surface area contributed by atoms with Crippen LogP contribution < -0.4 is 10.9 Å². The van der Waals surface area contributed by atoms with Gasteiger partial charge >= 0.3 is 0 Å². The SMILES string of the molecule is O=C(Nc1nccn(C2CC2)c1=O)c1cn(-c2ccccc2)nc1-c1cccc2ccccc12. The molecule has 34 heavy (non-hydrogen) atoms. The molecular formula is C27H21N5O2. The molecular weight excluding hydrogens is 426 g/mol. The predicted molar refractivity (Wildman–Crippen MR) is 131 cm³/mol. The van der Waals surface area contributed by atoms with Crippen molar-refractivity contribution in [3.8, 4) is 16.9 Å². The van der Waals surface area contributed by atoms with Gasteiger partial charge in [-0.05, 0) is 35.7 Å². The molecule has 0 unspecified atom stereocenters. The molecule has 0 radical (unpaired) electrons. The quantitative estimate of drug-likeness (QED) is 0.418. The fourth-order valence-electron chi connectivity index (χ4n) is 4.21. The summed E-state index contributed by atoms with van der Waals surface area (Å²) in [4.78, 5) is 30.5. The second-order valence-electron chi connectivity index (χ2n) is 8.37. The Bertz CT molecular complexity index is 1580. The second-order valence-corrected chi connectivity index (χ2v) is 8.37. The summed E-state index contributed by atoms with van der Waals surface area (Å²) in [6.45, 7) is 0. The summed E-state index contributed by atoms with van der Waals surface area (Å²) in [5.41, 5.74) is 2.28. The maximum atomic E-state index is 13.5. The second kappa shape index (κ2) is 8.12. The summed E-state index contributed by atoms with van der Waals surface area (Å²) < 4.78 is 3.33. The number of fused-ring (bicyclic) bond motifs is 1. The number of hydrogen-bond acceptors (Lipinski definition) is 4. The maximum Gasteiger partial charge on any atom is 0.293 e. The van der Waals surface area contributed by atoms with Crippen LogP contribution in [0.25, 0.3) is 27.7 Å². The zero-order valence-electron chi connectivity index (χ0n) is 18.3. The van der Waals surface area contributed by atoms with Gasteiger partial charge in [-0.1, -0.05) is 60.7 Å². The lowest BCUT2D eigenvalue weighted by molar-refractivity contribution is 0.102. The van der Waals surface area contributed by atoms with Crippen LogP contribution in [0.4, 0.5) is 5.82 Å². The molecule has 0 atom stereocenters. The third-order valence-electron chi connectivity index (χ3n) is 6.06. The highest BCUT2D eigenvalue weighted by Gasteiger charge is 2.26. The van der Waals surface area contributed by atoms with Crippen molar-refractivity contribution in [1.82, 2.24) is 19.3 Å². The normalized spacial score (nSPS) is 13.2. The number of aromatic nitrogens is 4. The summed E-state index contributed by atoms with van der Waals surface area (Å²) in [5, 5.41) is 9.58. The molecule has 1 N–H and O–H groups in total. The molecule has 7 nitrogen and oxygen atoms in total. The van der Waals surface area contributed by atoms with Gasteiger partial charge in [-0.25, -0.2) is 9.67 Å². The summed E-state index contributed by atoms with van der Waals surface area (Å²) in [5.74, 6) is -0.404. The van der Waals surface area contributed by atoms with Crippen LogP contribution in [0.3, 0.4) is 0 Å². The number of carbonyl (C=O) groups is 1. The number of hydrogen-bond donors (Lipinski definition) is 1. The molecule has 1 saturated carbocycles. The highest BCUT2D eigenvalue weighted by atomic mass is 16.2. The van der Waals surface area contributed by atoms with Gasteiger partial charge in [0.15, 0.2) is 5.82 Å². The van der Waals surface area contributed by atoms with E-state index in [9.17, 15) is 9.59 Å². The molecule has 2 heterocycles. The van der Waals surface area contributed by atoms with Gasteiger partial charge in [-0.2, -0.15) is 5.10 Å². The number of nitrogens with zero attached hydrogens (tertiary/aromatic N) is 4. The molecule has 0 bridgehead atoms. The summed E-state index contributed by atoms with van der Waals surface area (Å²) in [6, 6.07) is 23.7. The molecule has 2 aromatic heterocycles. The first-order valence-electron chi connectivity index (χ1n) is 11.2. The van der Waals surface area contributed by atoms with Gasteiger partial charge < -0.3 is 9.88 Å². The molecule has 0 saturated heterocycles. The zero-order chi connectivity index (χ0) is 23.1. The largest absolute Gasteiger partial charge is 0.308 e. The van der Waals surface area contributed by atoms with E-state index >= 15 is 0 Å². The van der Waals surface area contributed by atoms with Gasteiger partial charge in [-0.3, -0.25) is 9.59 Å². The number of carbonyl (C=O) groups excluding carboxylic acids is 1. The van der Waals surface area contributed by atoms with Crippen molar-refractivity contribution in [3.63, 3.8) is 0 Å². The number of benzene rings is 3. The number of para-hydroxylation sites is 1. The summed E-state index contributed by atoms with van der Waals surface area (Å²) >= 11 is 0. The first-order valence-corrected chi connectivity index (χ1v) is 11.2. The van der Waals surface area contributed by atoms with Gasteiger partial charge in [0.2, 0.25) is 0 Å². The molecule has 3 aromatic carbocycles. The van der Waals surface area contributed by atoms with Crippen LogP contribution in [-0.2, 0) is 0 Å². The predicted octanol–water partition coefficient (Wildman–Crippen LogP) is 4.84. The van der Waals surface area contributed by atoms with Gasteiger partial charge in [0.25, 0.3) is 11.5 Å². The first kappa shape index (κ1) is 20.1. The topological polar surface area (TPSA) is 81.8 Å². The van der Waals surface area contributed by atoms with Crippen LogP contribution in [0.15, 0.2) is 96.2 Å². The van der Waals surface area contributed by atoms with Crippen molar-refractivity contribution in [2.45, 2.75) is 18.9 Å². The number of rotatable bonds is 5. The lowest BCUT2D eigenvalue weighted by Crippen LogP contribution is -2.26. The molecule has 7 heteroatoms. The number of amides is 1. The van der Waals surface area contributed by atoms with Crippen molar-refractivity contribution < 1.29 is 4.79 Å². The lowest BCUT2D eigenvalue weighted by atomic mass is 10.00. The minimum absolute atomic E-state index is 0.0238. The Morgan fingerprint density at radius 3 is 2.53 bits per heavy atom. The van der Waals surface area contributed by atoms with Gasteiger partial charge in [-0.15, -0.1) is 0 Å². The summed E-state index contributed by atoms with van der Waals surface area (Å²) in [7, 11) is 0. The minimum atomic E-state index is -0.428. The molecule has 6 rings (SSSR count). The van der Waals surface area contributed by atoms with Crippen LogP contribution >= 0.6 is 0 Å². The molecule has 1 amide bonds. The van der Waals surface area contributed by atoms with E-state index in [2.05, 4.69) is 10.3 Å². The zero-order valence-corrected chi connectivity index (χ0v) is 18.3.